The highest BCUT2D eigenvalue weighted by Gasteiger charge is 2.17. The van der Waals surface area contributed by atoms with E-state index in [1.165, 1.54) is 12.8 Å². The minimum Gasteiger partial charge on any atom is -0.355 e. The van der Waals surface area contributed by atoms with Crippen molar-refractivity contribution in [2.75, 3.05) is 19.6 Å². The van der Waals surface area contributed by atoms with Gasteiger partial charge in [-0.15, -0.1) is 12.4 Å². The SMILES string of the molecule is Cc1nn(-c2ccccc2)c(C)c1CC(=O)NCC1CCCNC1.Cl. The first-order valence-electron chi connectivity index (χ1n) is 8.73. The molecule has 5 nitrogen and oxygen atoms in total. The van der Waals surface area contributed by atoms with Crippen LogP contribution in [0.15, 0.2) is 30.3 Å². The lowest BCUT2D eigenvalue weighted by molar-refractivity contribution is -0.120. The Morgan fingerprint density at radius 1 is 1.32 bits per heavy atom. The third kappa shape index (κ3) is 4.83. The van der Waals surface area contributed by atoms with Crippen molar-refractivity contribution in [1.29, 1.82) is 0 Å². The Hall–Kier alpha value is -1.85. The van der Waals surface area contributed by atoms with E-state index >= 15 is 0 Å². The topological polar surface area (TPSA) is 59.0 Å². The lowest BCUT2D eigenvalue weighted by Crippen LogP contribution is -2.38. The molecule has 6 heteroatoms. The molecule has 136 valence electrons. The van der Waals surface area contributed by atoms with Crippen molar-refractivity contribution in [3.05, 3.63) is 47.3 Å². The fraction of sp³-hybridized carbons (Fsp3) is 0.474. The third-order valence-corrected chi connectivity index (χ3v) is 4.77. The molecular weight excluding hydrogens is 336 g/mol. The first-order valence-corrected chi connectivity index (χ1v) is 8.73. The maximum atomic E-state index is 12.3. The highest BCUT2D eigenvalue weighted by molar-refractivity contribution is 5.85. The van der Waals surface area contributed by atoms with E-state index in [2.05, 4.69) is 15.7 Å². The van der Waals surface area contributed by atoms with E-state index in [1.807, 2.05) is 48.9 Å². The molecule has 0 saturated carbocycles. The molecule has 1 aliphatic heterocycles. The average molecular weight is 363 g/mol. The number of carbonyl (C=O) groups is 1. The molecular formula is C19H27ClN4O. The van der Waals surface area contributed by atoms with Crippen LogP contribution in [0.4, 0.5) is 0 Å². The molecule has 2 N–H and O–H groups in total. The van der Waals surface area contributed by atoms with Gasteiger partial charge in [-0.2, -0.15) is 5.10 Å². The molecule has 25 heavy (non-hydrogen) atoms. The summed E-state index contributed by atoms with van der Waals surface area (Å²) in [7, 11) is 0. The number of hydrogen-bond donors (Lipinski definition) is 2. The number of piperidine rings is 1. The van der Waals surface area contributed by atoms with Crippen LogP contribution < -0.4 is 10.6 Å². The van der Waals surface area contributed by atoms with Crippen molar-refractivity contribution in [2.45, 2.75) is 33.1 Å². The number of carbonyl (C=O) groups excluding carboxylic acids is 1. The molecule has 1 fully saturated rings. The maximum absolute atomic E-state index is 12.3. The lowest BCUT2D eigenvalue weighted by atomic mass is 9.99. The summed E-state index contributed by atoms with van der Waals surface area (Å²) in [4.78, 5) is 12.3. The van der Waals surface area contributed by atoms with Gasteiger partial charge in [0.25, 0.3) is 0 Å². The second kappa shape index (κ2) is 9.02. The van der Waals surface area contributed by atoms with Gasteiger partial charge in [0.2, 0.25) is 5.91 Å². The standard InChI is InChI=1S/C19H26N4O.ClH/c1-14-18(11-19(24)21-13-16-7-6-10-20-12-16)15(2)23(22-14)17-8-4-3-5-9-17;/h3-5,8-9,16,20H,6-7,10-13H2,1-2H3,(H,21,24);1H. The van der Waals surface area contributed by atoms with Crippen LogP contribution in [-0.2, 0) is 11.2 Å². The second-order valence-electron chi connectivity index (χ2n) is 6.59. The molecule has 1 atom stereocenters. The van der Waals surface area contributed by atoms with Gasteiger partial charge in [0.05, 0.1) is 17.8 Å². The van der Waals surface area contributed by atoms with E-state index in [9.17, 15) is 4.79 Å². The second-order valence-corrected chi connectivity index (χ2v) is 6.59. The number of aryl methyl sites for hydroxylation is 1. The smallest absolute Gasteiger partial charge is 0.224 e. The third-order valence-electron chi connectivity index (χ3n) is 4.77. The monoisotopic (exact) mass is 362 g/mol. The van der Waals surface area contributed by atoms with Crippen molar-refractivity contribution < 1.29 is 4.79 Å². The van der Waals surface area contributed by atoms with Crippen molar-refractivity contribution in [3.63, 3.8) is 0 Å². The van der Waals surface area contributed by atoms with Gasteiger partial charge in [0.15, 0.2) is 0 Å². The molecule has 0 spiro atoms. The van der Waals surface area contributed by atoms with Crippen molar-refractivity contribution in [3.8, 4) is 5.69 Å². The van der Waals surface area contributed by atoms with Crippen LogP contribution in [0.25, 0.3) is 5.69 Å². The normalized spacial score (nSPS) is 17.0. The molecule has 0 bridgehead atoms. The minimum absolute atomic E-state index is 0. The summed E-state index contributed by atoms with van der Waals surface area (Å²) >= 11 is 0. The van der Waals surface area contributed by atoms with E-state index in [-0.39, 0.29) is 18.3 Å². The van der Waals surface area contributed by atoms with Gasteiger partial charge in [-0.3, -0.25) is 4.79 Å². The van der Waals surface area contributed by atoms with Crippen molar-refractivity contribution in [1.82, 2.24) is 20.4 Å². The predicted octanol–water partition coefficient (Wildman–Crippen LogP) is 2.57. The fourth-order valence-electron chi connectivity index (χ4n) is 3.33. The Morgan fingerprint density at radius 3 is 2.76 bits per heavy atom. The lowest BCUT2D eigenvalue weighted by Gasteiger charge is -2.22. The van der Waals surface area contributed by atoms with Gasteiger partial charge >= 0.3 is 0 Å². The Bertz CT molecular complexity index is 693. The largest absolute Gasteiger partial charge is 0.355 e. The van der Waals surface area contributed by atoms with Crippen molar-refractivity contribution >= 4 is 18.3 Å². The van der Waals surface area contributed by atoms with E-state index in [1.54, 1.807) is 0 Å². The van der Waals surface area contributed by atoms with Gasteiger partial charge in [-0.1, -0.05) is 18.2 Å². The van der Waals surface area contributed by atoms with Gasteiger partial charge in [0.1, 0.15) is 0 Å². The average Bonchev–Trinajstić information content (AvgIpc) is 2.90. The van der Waals surface area contributed by atoms with Gasteiger partial charge in [-0.25, -0.2) is 4.68 Å². The van der Waals surface area contributed by atoms with Crippen LogP contribution in [0.5, 0.6) is 0 Å². The Balaban J connectivity index is 0.00000225. The van der Waals surface area contributed by atoms with Crippen LogP contribution in [0, 0.1) is 19.8 Å². The van der Waals surface area contributed by atoms with E-state index in [0.29, 0.717) is 12.3 Å². The minimum atomic E-state index is 0. The van der Waals surface area contributed by atoms with Gasteiger partial charge in [-0.05, 0) is 57.8 Å². The van der Waals surface area contributed by atoms with Gasteiger partial charge < -0.3 is 10.6 Å². The van der Waals surface area contributed by atoms with Gasteiger partial charge in [0, 0.05) is 17.8 Å². The zero-order valence-corrected chi connectivity index (χ0v) is 15.7. The highest BCUT2D eigenvalue weighted by atomic mass is 35.5. The van der Waals surface area contributed by atoms with Crippen LogP contribution in [-0.4, -0.2) is 35.3 Å². The van der Waals surface area contributed by atoms with E-state index in [4.69, 9.17) is 0 Å². The fourth-order valence-corrected chi connectivity index (χ4v) is 3.33. The summed E-state index contributed by atoms with van der Waals surface area (Å²) in [6.45, 7) is 6.86. The van der Waals surface area contributed by atoms with E-state index < -0.39 is 0 Å². The Morgan fingerprint density at radius 2 is 2.08 bits per heavy atom. The molecule has 1 aliphatic rings. The summed E-state index contributed by atoms with van der Waals surface area (Å²) in [5.41, 5.74) is 4.01. The summed E-state index contributed by atoms with van der Waals surface area (Å²) in [5.74, 6) is 0.635. The molecule has 1 aromatic heterocycles. The number of nitrogens with one attached hydrogen (secondary N) is 2. The van der Waals surface area contributed by atoms with Crippen LogP contribution in [0.3, 0.4) is 0 Å². The summed E-state index contributed by atoms with van der Waals surface area (Å²) in [6.07, 6.45) is 2.78. The Labute approximate surface area is 155 Å². The number of hydrogen-bond acceptors (Lipinski definition) is 3. The number of nitrogens with zero attached hydrogens (tertiary/aromatic N) is 2. The Kier molecular flexibility index (Phi) is 7.02. The number of para-hydroxylation sites is 1. The first-order chi connectivity index (χ1) is 11.6. The van der Waals surface area contributed by atoms with Crippen LogP contribution in [0.2, 0.25) is 0 Å². The molecule has 2 heterocycles. The molecule has 2 aromatic rings. The number of halogens is 1. The number of benzene rings is 1. The van der Waals surface area contributed by atoms with Crippen LogP contribution >= 0.6 is 12.4 Å². The molecule has 0 radical (unpaired) electrons. The molecule has 1 saturated heterocycles. The molecule has 3 rings (SSSR count). The number of amides is 1. The van der Waals surface area contributed by atoms with Crippen molar-refractivity contribution in [2.24, 2.45) is 5.92 Å². The molecule has 1 amide bonds. The summed E-state index contributed by atoms with van der Waals surface area (Å²) < 4.78 is 1.92. The molecule has 1 aromatic carbocycles. The number of rotatable bonds is 5. The first kappa shape index (κ1) is 19.5. The molecule has 1 unspecified atom stereocenters. The van der Waals surface area contributed by atoms with E-state index in [0.717, 1.165) is 42.3 Å². The number of aromatic nitrogens is 2. The predicted molar refractivity (Wildman–Crippen MR) is 103 cm³/mol. The summed E-state index contributed by atoms with van der Waals surface area (Å²) in [5, 5.41) is 11.1. The van der Waals surface area contributed by atoms with Crippen LogP contribution in [0.1, 0.15) is 29.8 Å². The summed E-state index contributed by atoms with van der Waals surface area (Å²) in [6, 6.07) is 10.0. The quantitative estimate of drug-likeness (QED) is 0.859. The maximum Gasteiger partial charge on any atom is 0.224 e. The zero-order chi connectivity index (χ0) is 16.9. The molecule has 0 aliphatic carbocycles. The zero-order valence-electron chi connectivity index (χ0n) is 14.9. The highest BCUT2D eigenvalue weighted by Crippen LogP contribution is 2.18.